The van der Waals surface area contributed by atoms with Gasteiger partial charge < -0.3 is 10.1 Å². The summed E-state index contributed by atoms with van der Waals surface area (Å²) < 4.78 is 6.48. The van der Waals surface area contributed by atoms with Crippen molar-refractivity contribution in [1.82, 2.24) is 10.6 Å². The molecule has 0 aliphatic heterocycles. The van der Waals surface area contributed by atoms with E-state index in [-0.39, 0.29) is 5.91 Å². The highest BCUT2D eigenvalue weighted by Crippen LogP contribution is 2.23. The SMILES string of the molecule is CCCOc1ccc(Br)cc1C(=O)NC(=S)NC1CCCCC1. The van der Waals surface area contributed by atoms with Crippen LogP contribution in [0.3, 0.4) is 0 Å². The summed E-state index contributed by atoms with van der Waals surface area (Å²) in [6.07, 6.45) is 6.82. The summed E-state index contributed by atoms with van der Waals surface area (Å²) in [5.74, 6) is 0.332. The van der Waals surface area contributed by atoms with Gasteiger partial charge in [-0.05, 0) is 49.7 Å². The maximum absolute atomic E-state index is 12.5. The second-order valence-corrected chi connectivity index (χ2v) is 7.08. The van der Waals surface area contributed by atoms with Gasteiger partial charge in [0.05, 0.1) is 12.2 Å². The van der Waals surface area contributed by atoms with E-state index in [0.29, 0.717) is 29.1 Å². The maximum atomic E-state index is 12.5. The summed E-state index contributed by atoms with van der Waals surface area (Å²) in [6, 6.07) is 5.78. The highest BCUT2D eigenvalue weighted by molar-refractivity contribution is 9.10. The molecular weight excluding hydrogens is 376 g/mol. The molecule has 2 N–H and O–H groups in total. The Hall–Kier alpha value is -1.14. The van der Waals surface area contributed by atoms with Gasteiger partial charge in [-0.25, -0.2) is 0 Å². The smallest absolute Gasteiger partial charge is 0.261 e. The van der Waals surface area contributed by atoms with Gasteiger partial charge in [-0.1, -0.05) is 42.1 Å². The molecule has 6 heteroatoms. The van der Waals surface area contributed by atoms with Gasteiger partial charge in [-0.3, -0.25) is 10.1 Å². The molecule has 0 unspecified atom stereocenters. The van der Waals surface area contributed by atoms with Crippen LogP contribution in [0.2, 0.25) is 0 Å². The van der Waals surface area contributed by atoms with Crippen molar-refractivity contribution in [3.63, 3.8) is 0 Å². The van der Waals surface area contributed by atoms with E-state index in [4.69, 9.17) is 17.0 Å². The summed E-state index contributed by atoms with van der Waals surface area (Å²) in [5, 5.41) is 6.40. The molecule has 2 rings (SSSR count). The Bertz CT molecular complexity index is 560. The Balaban J connectivity index is 1.98. The number of carbonyl (C=O) groups is 1. The normalized spacial score (nSPS) is 15.0. The summed E-state index contributed by atoms with van der Waals surface area (Å²) >= 11 is 8.67. The van der Waals surface area contributed by atoms with Crippen LogP contribution in [-0.2, 0) is 0 Å². The zero-order chi connectivity index (χ0) is 16.7. The minimum atomic E-state index is -0.245. The number of benzene rings is 1. The van der Waals surface area contributed by atoms with E-state index in [1.54, 1.807) is 12.1 Å². The Labute approximate surface area is 151 Å². The number of amides is 1. The number of thiocarbonyl (C=S) groups is 1. The number of carbonyl (C=O) groups excluding carboxylic acids is 1. The van der Waals surface area contributed by atoms with Gasteiger partial charge in [0, 0.05) is 10.5 Å². The van der Waals surface area contributed by atoms with Crippen molar-refractivity contribution in [3.8, 4) is 5.75 Å². The van der Waals surface area contributed by atoms with Crippen LogP contribution in [0.25, 0.3) is 0 Å². The fraction of sp³-hybridized carbons (Fsp3) is 0.529. The molecule has 1 amide bonds. The van der Waals surface area contributed by atoms with E-state index in [2.05, 4.69) is 26.6 Å². The van der Waals surface area contributed by atoms with Crippen molar-refractivity contribution in [2.75, 3.05) is 6.61 Å². The van der Waals surface area contributed by atoms with Crippen LogP contribution in [0.4, 0.5) is 0 Å². The predicted molar refractivity (Wildman–Crippen MR) is 100 cm³/mol. The molecule has 4 nitrogen and oxygen atoms in total. The first kappa shape index (κ1) is 18.2. The largest absolute Gasteiger partial charge is 0.493 e. The lowest BCUT2D eigenvalue weighted by molar-refractivity contribution is 0.0972. The van der Waals surface area contributed by atoms with Gasteiger partial charge in [0.15, 0.2) is 5.11 Å². The number of rotatable bonds is 5. The number of halogens is 1. The zero-order valence-corrected chi connectivity index (χ0v) is 15.8. The molecule has 0 radical (unpaired) electrons. The first-order valence-electron chi connectivity index (χ1n) is 8.14. The third kappa shape index (κ3) is 5.77. The molecule has 1 aliphatic carbocycles. The summed E-state index contributed by atoms with van der Waals surface area (Å²) in [5.41, 5.74) is 0.487. The fourth-order valence-corrected chi connectivity index (χ4v) is 3.28. The number of hydrogen-bond acceptors (Lipinski definition) is 3. The van der Waals surface area contributed by atoms with Crippen LogP contribution < -0.4 is 15.4 Å². The average molecular weight is 399 g/mol. The van der Waals surface area contributed by atoms with Gasteiger partial charge in [0.25, 0.3) is 5.91 Å². The monoisotopic (exact) mass is 398 g/mol. The third-order valence-corrected chi connectivity index (χ3v) is 4.53. The molecular formula is C17H23BrN2O2S. The molecule has 0 saturated heterocycles. The van der Waals surface area contributed by atoms with Gasteiger partial charge in [0.2, 0.25) is 0 Å². The van der Waals surface area contributed by atoms with Gasteiger partial charge in [-0.15, -0.1) is 0 Å². The molecule has 1 aliphatic rings. The molecule has 1 saturated carbocycles. The van der Waals surface area contributed by atoms with Crippen LogP contribution in [0.15, 0.2) is 22.7 Å². The molecule has 1 aromatic rings. The van der Waals surface area contributed by atoms with Crippen molar-refractivity contribution in [3.05, 3.63) is 28.2 Å². The maximum Gasteiger partial charge on any atom is 0.261 e. The molecule has 0 spiro atoms. The summed E-state index contributed by atoms with van der Waals surface area (Å²) in [6.45, 7) is 2.61. The Kier molecular flexibility index (Phi) is 7.30. The van der Waals surface area contributed by atoms with Crippen molar-refractivity contribution in [2.24, 2.45) is 0 Å². The first-order valence-corrected chi connectivity index (χ1v) is 9.34. The predicted octanol–water partition coefficient (Wildman–Crippen LogP) is 4.17. The minimum Gasteiger partial charge on any atom is -0.493 e. The second kappa shape index (κ2) is 9.23. The Morgan fingerprint density at radius 2 is 2.09 bits per heavy atom. The lowest BCUT2D eigenvalue weighted by Crippen LogP contribution is -2.45. The Morgan fingerprint density at radius 3 is 2.78 bits per heavy atom. The van der Waals surface area contributed by atoms with Gasteiger partial charge in [0.1, 0.15) is 5.75 Å². The molecule has 0 bridgehead atoms. The lowest BCUT2D eigenvalue weighted by atomic mass is 9.96. The second-order valence-electron chi connectivity index (χ2n) is 5.75. The van der Waals surface area contributed by atoms with Gasteiger partial charge in [-0.2, -0.15) is 0 Å². The highest BCUT2D eigenvalue weighted by Gasteiger charge is 2.18. The van der Waals surface area contributed by atoms with Gasteiger partial charge >= 0.3 is 0 Å². The van der Waals surface area contributed by atoms with Crippen molar-refractivity contribution >= 4 is 39.2 Å². The standard InChI is InChI=1S/C17H23BrN2O2S/c1-2-10-22-15-9-8-12(18)11-14(15)16(21)20-17(23)19-13-6-4-3-5-7-13/h8-9,11,13H,2-7,10H2,1H3,(H2,19,20,21,23). The van der Waals surface area contributed by atoms with E-state index < -0.39 is 0 Å². The number of hydrogen-bond donors (Lipinski definition) is 2. The van der Waals surface area contributed by atoms with Crippen molar-refractivity contribution in [1.29, 1.82) is 0 Å². The fourth-order valence-electron chi connectivity index (χ4n) is 2.66. The van der Waals surface area contributed by atoms with Crippen LogP contribution in [0, 0.1) is 0 Å². The first-order chi connectivity index (χ1) is 11.1. The van der Waals surface area contributed by atoms with Crippen LogP contribution in [0.5, 0.6) is 5.75 Å². The average Bonchev–Trinajstić information content (AvgIpc) is 2.54. The molecule has 1 fully saturated rings. The van der Waals surface area contributed by atoms with E-state index in [9.17, 15) is 4.79 Å². The minimum absolute atomic E-state index is 0.245. The molecule has 1 aromatic carbocycles. The van der Waals surface area contributed by atoms with Crippen LogP contribution in [-0.4, -0.2) is 23.7 Å². The summed E-state index contributed by atoms with van der Waals surface area (Å²) in [7, 11) is 0. The van der Waals surface area contributed by atoms with E-state index >= 15 is 0 Å². The third-order valence-electron chi connectivity index (χ3n) is 3.82. The van der Waals surface area contributed by atoms with Crippen molar-refractivity contribution in [2.45, 2.75) is 51.5 Å². The number of nitrogens with one attached hydrogen (secondary N) is 2. The topological polar surface area (TPSA) is 50.4 Å². The van der Waals surface area contributed by atoms with E-state index in [1.165, 1.54) is 19.3 Å². The quantitative estimate of drug-likeness (QED) is 0.730. The molecule has 0 atom stereocenters. The molecule has 23 heavy (non-hydrogen) atoms. The zero-order valence-electron chi connectivity index (χ0n) is 13.4. The highest BCUT2D eigenvalue weighted by atomic mass is 79.9. The van der Waals surface area contributed by atoms with E-state index in [0.717, 1.165) is 23.7 Å². The van der Waals surface area contributed by atoms with Crippen LogP contribution >= 0.6 is 28.1 Å². The molecule has 0 heterocycles. The summed E-state index contributed by atoms with van der Waals surface area (Å²) in [4.78, 5) is 12.5. The van der Waals surface area contributed by atoms with Crippen molar-refractivity contribution < 1.29 is 9.53 Å². The number of ether oxygens (including phenoxy) is 1. The molecule has 0 aromatic heterocycles. The lowest BCUT2D eigenvalue weighted by Gasteiger charge is -2.24. The van der Waals surface area contributed by atoms with E-state index in [1.807, 2.05) is 13.0 Å². The molecule has 126 valence electrons. The Morgan fingerprint density at radius 1 is 1.35 bits per heavy atom. The van der Waals surface area contributed by atoms with Crippen LogP contribution in [0.1, 0.15) is 55.8 Å².